The maximum absolute atomic E-state index is 12.9. The third-order valence-electron chi connectivity index (χ3n) is 5.63. The van der Waals surface area contributed by atoms with Gasteiger partial charge in [0.1, 0.15) is 5.76 Å². The van der Waals surface area contributed by atoms with Crippen LogP contribution in [0.25, 0.3) is 0 Å². The summed E-state index contributed by atoms with van der Waals surface area (Å²) in [7, 11) is 1.85. The fourth-order valence-corrected chi connectivity index (χ4v) is 3.67. The van der Waals surface area contributed by atoms with Crippen LogP contribution in [0, 0.1) is 0 Å². The minimum atomic E-state index is -0.0410. The molecule has 1 aliphatic carbocycles. The van der Waals surface area contributed by atoms with Gasteiger partial charge in [-0.15, -0.1) is 5.10 Å². The normalized spacial score (nSPS) is 17.4. The van der Waals surface area contributed by atoms with Crippen LogP contribution in [0.15, 0.2) is 16.7 Å². The largest absolute Gasteiger partial charge is 0.360 e. The van der Waals surface area contributed by atoms with Gasteiger partial charge in [-0.25, -0.2) is 0 Å². The highest BCUT2D eigenvalue weighted by atomic mass is 16.5. The Morgan fingerprint density at radius 2 is 1.93 bits per heavy atom. The highest BCUT2D eigenvalue weighted by Crippen LogP contribution is 2.27. The average molecular weight is 369 g/mol. The summed E-state index contributed by atoms with van der Waals surface area (Å²) < 4.78 is 5.39. The lowest BCUT2D eigenvalue weighted by molar-refractivity contribution is 0.0693. The van der Waals surface area contributed by atoms with Crippen molar-refractivity contribution in [1.29, 1.82) is 0 Å². The van der Waals surface area contributed by atoms with E-state index in [0.717, 1.165) is 61.6 Å². The van der Waals surface area contributed by atoms with E-state index in [9.17, 15) is 4.79 Å². The summed E-state index contributed by atoms with van der Waals surface area (Å²) in [5, 5.41) is 12.8. The first-order valence-corrected chi connectivity index (χ1v) is 9.68. The van der Waals surface area contributed by atoms with Gasteiger partial charge in [0.15, 0.2) is 11.5 Å². The number of rotatable bonds is 3. The zero-order chi connectivity index (χ0) is 19.2. The van der Waals surface area contributed by atoms with Crippen LogP contribution in [-0.2, 0) is 18.3 Å². The van der Waals surface area contributed by atoms with Crippen molar-refractivity contribution < 1.29 is 9.32 Å². The molecule has 144 valence electrons. The lowest BCUT2D eigenvalue weighted by Crippen LogP contribution is -2.60. The van der Waals surface area contributed by atoms with Crippen molar-refractivity contribution in [3.05, 3.63) is 34.8 Å². The van der Waals surface area contributed by atoms with E-state index >= 15 is 0 Å². The molecule has 1 amide bonds. The fourth-order valence-electron chi connectivity index (χ4n) is 3.67. The number of likely N-dealkylation sites (N-methyl/N-ethyl adjacent to an activating group) is 1. The fraction of sp³-hybridized carbons (Fsp3) is 0.600. The topological polar surface area (TPSA) is 75.4 Å². The SMILES string of the molecule is CN(C(=O)c1noc2c1CCCC2)C1CN(c2ccc(C(C)(C)C)nn2)C1. The van der Waals surface area contributed by atoms with Crippen LogP contribution >= 0.6 is 0 Å². The Morgan fingerprint density at radius 1 is 1.19 bits per heavy atom. The van der Waals surface area contributed by atoms with Crippen LogP contribution in [0.4, 0.5) is 5.82 Å². The molecule has 2 aliphatic rings. The van der Waals surface area contributed by atoms with Gasteiger partial charge in [-0.05, 0) is 31.4 Å². The summed E-state index contributed by atoms with van der Waals surface area (Å²) >= 11 is 0. The van der Waals surface area contributed by atoms with E-state index in [1.165, 1.54) is 0 Å². The number of aromatic nitrogens is 3. The molecule has 0 radical (unpaired) electrons. The number of amides is 1. The predicted molar refractivity (Wildman–Crippen MR) is 102 cm³/mol. The van der Waals surface area contributed by atoms with E-state index in [1.807, 2.05) is 19.2 Å². The van der Waals surface area contributed by atoms with E-state index in [2.05, 4.69) is 41.0 Å². The van der Waals surface area contributed by atoms with Crippen LogP contribution in [0.3, 0.4) is 0 Å². The van der Waals surface area contributed by atoms with E-state index in [-0.39, 0.29) is 17.4 Å². The molecule has 1 fully saturated rings. The second-order valence-corrected chi connectivity index (χ2v) is 8.64. The Kier molecular flexibility index (Phi) is 4.40. The van der Waals surface area contributed by atoms with E-state index in [0.29, 0.717) is 5.69 Å². The average Bonchev–Trinajstić information content (AvgIpc) is 3.03. The third kappa shape index (κ3) is 3.31. The van der Waals surface area contributed by atoms with Crippen molar-refractivity contribution in [1.82, 2.24) is 20.3 Å². The lowest BCUT2D eigenvalue weighted by atomic mass is 9.92. The molecule has 2 aromatic rings. The van der Waals surface area contributed by atoms with Crippen molar-refractivity contribution in [2.24, 2.45) is 0 Å². The molecule has 1 saturated heterocycles. The van der Waals surface area contributed by atoms with Crippen LogP contribution in [0.1, 0.15) is 61.1 Å². The minimum absolute atomic E-state index is 0.00756. The molecule has 27 heavy (non-hydrogen) atoms. The Hall–Kier alpha value is -2.44. The van der Waals surface area contributed by atoms with E-state index < -0.39 is 0 Å². The number of hydrogen-bond acceptors (Lipinski definition) is 6. The van der Waals surface area contributed by atoms with Gasteiger partial charge < -0.3 is 14.3 Å². The highest BCUT2D eigenvalue weighted by Gasteiger charge is 2.36. The van der Waals surface area contributed by atoms with Crippen LogP contribution in [-0.4, -0.2) is 52.3 Å². The monoisotopic (exact) mass is 369 g/mol. The summed E-state index contributed by atoms with van der Waals surface area (Å²) in [6.45, 7) is 7.89. The molecule has 0 bridgehead atoms. The van der Waals surface area contributed by atoms with Crippen molar-refractivity contribution in [3.63, 3.8) is 0 Å². The van der Waals surface area contributed by atoms with Crippen LogP contribution in [0.5, 0.6) is 0 Å². The third-order valence-corrected chi connectivity index (χ3v) is 5.63. The number of aryl methyl sites for hydroxylation is 1. The molecule has 4 rings (SSSR count). The molecule has 3 heterocycles. The molecule has 0 atom stereocenters. The molecular weight excluding hydrogens is 342 g/mol. The second-order valence-electron chi connectivity index (χ2n) is 8.64. The minimum Gasteiger partial charge on any atom is -0.360 e. The summed E-state index contributed by atoms with van der Waals surface area (Å²) in [4.78, 5) is 16.8. The molecule has 0 spiro atoms. The number of hydrogen-bond donors (Lipinski definition) is 0. The Bertz CT molecular complexity index is 831. The molecule has 0 saturated carbocycles. The van der Waals surface area contributed by atoms with Crippen molar-refractivity contribution in [2.75, 3.05) is 25.0 Å². The molecule has 2 aromatic heterocycles. The smallest absolute Gasteiger partial charge is 0.276 e. The van der Waals surface area contributed by atoms with Gasteiger partial charge >= 0.3 is 0 Å². The molecule has 0 unspecified atom stereocenters. The number of anilines is 1. The molecule has 7 heteroatoms. The molecular formula is C20H27N5O2. The van der Waals surface area contributed by atoms with Gasteiger partial charge in [-0.2, -0.15) is 5.10 Å². The number of nitrogens with zero attached hydrogens (tertiary/aromatic N) is 5. The Morgan fingerprint density at radius 3 is 2.59 bits per heavy atom. The second kappa shape index (κ2) is 6.62. The summed E-state index contributed by atoms with van der Waals surface area (Å²) in [5.41, 5.74) is 2.48. The number of carbonyl (C=O) groups is 1. The molecule has 0 aromatic carbocycles. The molecule has 7 nitrogen and oxygen atoms in total. The van der Waals surface area contributed by atoms with Gasteiger partial charge in [-0.3, -0.25) is 4.79 Å². The Balaban J connectivity index is 1.39. The zero-order valence-corrected chi connectivity index (χ0v) is 16.5. The summed E-state index contributed by atoms with van der Waals surface area (Å²) in [5.74, 6) is 1.71. The standard InChI is InChI=1S/C20H27N5O2/c1-20(2,3)16-9-10-17(22-21-16)25-11-13(12-25)24(4)19(26)18-14-7-5-6-8-15(14)27-23-18/h9-10,13H,5-8,11-12H2,1-4H3. The van der Waals surface area contributed by atoms with E-state index in [1.54, 1.807) is 4.90 Å². The first-order chi connectivity index (χ1) is 12.8. The maximum atomic E-state index is 12.9. The zero-order valence-electron chi connectivity index (χ0n) is 16.5. The van der Waals surface area contributed by atoms with Crippen molar-refractivity contribution in [3.8, 4) is 0 Å². The first-order valence-electron chi connectivity index (χ1n) is 9.68. The summed E-state index contributed by atoms with van der Waals surface area (Å²) in [6, 6.07) is 4.20. The molecule has 0 N–H and O–H groups in total. The van der Waals surface area contributed by atoms with Gasteiger partial charge in [-0.1, -0.05) is 25.9 Å². The van der Waals surface area contributed by atoms with Gasteiger partial charge in [0.2, 0.25) is 0 Å². The van der Waals surface area contributed by atoms with Gasteiger partial charge in [0.25, 0.3) is 5.91 Å². The maximum Gasteiger partial charge on any atom is 0.276 e. The number of fused-ring (bicyclic) bond motifs is 1. The summed E-state index contributed by atoms with van der Waals surface area (Å²) in [6.07, 6.45) is 3.98. The first kappa shape index (κ1) is 17.9. The Labute approximate surface area is 159 Å². The highest BCUT2D eigenvalue weighted by molar-refractivity contribution is 5.94. The van der Waals surface area contributed by atoms with Crippen molar-refractivity contribution >= 4 is 11.7 Å². The van der Waals surface area contributed by atoms with Crippen LogP contribution < -0.4 is 4.90 Å². The molecule has 1 aliphatic heterocycles. The van der Waals surface area contributed by atoms with E-state index in [4.69, 9.17) is 4.52 Å². The lowest BCUT2D eigenvalue weighted by Gasteiger charge is -2.44. The quantitative estimate of drug-likeness (QED) is 0.828. The van der Waals surface area contributed by atoms with Gasteiger partial charge in [0.05, 0.1) is 11.7 Å². The van der Waals surface area contributed by atoms with Crippen molar-refractivity contribution in [2.45, 2.75) is 57.9 Å². The number of carbonyl (C=O) groups excluding carboxylic acids is 1. The predicted octanol–water partition coefficient (Wildman–Crippen LogP) is 2.60. The van der Waals surface area contributed by atoms with Gasteiger partial charge in [0, 0.05) is 37.5 Å². The van der Waals surface area contributed by atoms with Crippen LogP contribution in [0.2, 0.25) is 0 Å².